The van der Waals surface area contributed by atoms with Crippen LogP contribution in [0, 0.1) is 0 Å². The third kappa shape index (κ3) is 1.65. The Hall–Kier alpha value is -2.47. The molecule has 2 aliphatic rings. The lowest BCUT2D eigenvalue weighted by Crippen LogP contribution is -1.64. The molecule has 0 saturated heterocycles. The average Bonchev–Trinajstić information content (AvgIpc) is 2.62. The molecule has 2 aliphatic carbocycles. The minimum absolute atomic E-state index is 1.28. The van der Waals surface area contributed by atoms with Crippen LogP contribution in [0.3, 0.4) is 0 Å². The van der Waals surface area contributed by atoms with Crippen molar-refractivity contribution in [2.24, 2.45) is 0 Å². The molecule has 0 unspecified atom stereocenters. The van der Waals surface area contributed by atoms with Crippen molar-refractivity contribution in [1.29, 1.82) is 0 Å². The number of hydrogen-bond donors (Lipinski definition) is 0. The minimum atomic E-state index is 1.28. The second kappa shape index (κ2) is 4.03. The van der Waals surface area contributed by atoms with Crippen molar-refractivity contribution in [3.63, 3.8) is 0 Å². The van der Waals surface area contributed by atoms with E-state index in [-0.39, 0.29) is 0 Å². The quantitative estimate of drug-likeness (QED) is 0.363. The SMILES string of the molecule is c1ccc2cc3cc4ccccc4c[cH+]c3c-2cc1. The summed E-state index contributed by atoms with van der Waals surface area (Å²) in [5.74, 6) is 0. The molecule has 0 nitrogen and oxygen atoms in total. The van der Waals surface area contributed by atoms with Crippen LogP contribution < -0.4 is 0 Å². The van der Waals surface area contributed by atoms with Gasteiger partial charge in [0.2, 0.25) is 0 Å². The highest BCUT2D eigenvalue weighted by Gasteiger charge is 2.14. The summed E-state index contributed by atoms with van der Waals surface area (Å²) in [5.41, 5.74) is 2.62. The summed E-state index contributed by atoms with van der Waals surface area (Å²) in [4.78, 5) is 0. The highest BCUT2D eigenvalue weighted by atomic mass is 14.1. The van der Waals surface area contributed by atoms with Crippen LogP contribution in [0.5, 0.6) is 0 Å². The van der Waals surface area contributed by atoms with Gasteiger partial charge in [-0.05, 0) is 24.3 Å². The number of rotatable bonds is 0. The maximum Gasteiger partial charge on any atom is 0.111 e. The van der Waals surface area contributed by atoms with E-state index in [4.69, 9.17) is 0 Å². The molecule has 0 saturated carbocycles. The Morgan fingerprint density at radius 3 is 2.37 bits per heavy atom. The third-order valence-electron chi connectivity index (χ3n) is 3.72. The van der Waals surface area contributed by atoms with Crippen LogP contribution in [-0.2, 0) is 0 Å². The Morgan fingerprint density at radius 2 is 1.42 bits per heavy atom. The van der Waals surface area contributed by atoms with Crippen LogP contribution in [0.2, 0.25) is 0 Å². The zero-order chi connectivity index (χ0) is 12.7. The fourth-order valence-corrected chi connectivity index (χ4v) is 2.77. The Balaban J connectivity index is 2.22. The van der Waals surface area contributed by atoms with E-state index in [1.165, 1.54) is 32.7 Å². The van der Waals surface area contributed by atoms with Gasteiger partial charge < -0.3 is 0 Å². The van der Waals surface area contributed by atoms with Crippen LogP contribution in [-0.4, -0.2) is 0 Å². The van der Waals surface area contributed by atoms with Crippen molar-refractivity contribution in [1.82, 2.24) is 0 Å². The fraction of sp³-hybridized carbons (Fsp3) is 0. The van der Waals surface area contributed by atoms with Crippen LogP contribution in [0.15, 0.2) is 78.9 Å². The van der Waals surface area contributed by atoms with E-state index in [0.29, 0.717) is 0 Å². The van der Waals surface area contributed by atoms with Crippen LogP contribution in [0.25, 0.3) is 32.7 Å². The molecule has 2 aromatic rings. The van der Waals surface area contributed by atoms with Gasteiger partial charge in [-0.3, -0.25) is 0 Å². The van der Waals surface area contributed by atoms with E-state index < -0.39 is 0 Å². The molecule has 19 heavy (non-hydrogen) atoms. The largest absolute Gasteiger partial charge is 0.111 e. The average molecular weight is 241 g/mol. The zero-order valence-corrected chi connectivity index (χ0v) is 10.5. The van der Waals surface area contributed by atoms with Crippen LogP contribution in [0.4, 0.5) is 0 Å². The summed E-state index contributed by atoms with van der Waals surface area (Å²) in [7, 11) is 0. The first-order valence-corrected chi connectivity index (χ1v) is 6.55. The van der Waals surface area contributed by atoms with E-state index >= 15 is 0 Å². The van der Waals surface area contributed by atoms with E-state index in [1.807, 2.05) is 0 Å². The summed E-state index contributed by atoms with van der Waals surface area (Å²) in [6.45, 7) is 0. The van der Waals surface area contributed by atoms with Gasteiger partial charge in [0.25, 0.3) is 0 Å². The predicted octanol–water partition coefficient (Wildman–Crippen LogP) is 5.38. The zero-order valence-electron chi connectivity index (χ0n) is 10.5. The fourth-order valence-electron chi connectivity index (χ4n) is 2.77. The number of benzene rings is 1. The van der Waals surface area contributed by atoms with Gasteiger partial charge in [0, 0.05) is 40.6 Å². The minimum Gasteiger partial charge on any atom is -0.0613 e. The molecule has 0 heteroatoms. The van der Waals surface area contributed by atoms with Gasteiger partial charge in [0.1, 0.15) is 5.39 Å². The molecule has 2 aromatic carbocycles. The van der Waals surface area contributed by atoms with Crippen molar-refractivity contribution in [2.75, 3.05) is 0 Å². The maximum absolute atomic E-state index is 2.28. The molecule has 0 amide bonds. The lowest BCUT2D eigenvalue weighted by molar-refractivity contribution is 1.81. The smallest absolute Gasteiger partial charge is 0.0613 e. The van der Waals surface area contributed by atoms with Crippen molar-refractivity contribution in [3.8, 4) is 11.1 Å². The van der Waals surface area contributed by atoms with Gasteiger partial charge in [-0.15, -0.1) is 0 Å². The molecule has 0 N–H and O–H groups in total. The molecule has 0 aliphatic heterocycles. The predicted molar refractivity (Wildman–Crippen MR) is 82.5 cm³/mol. The molecular weight excluding hydrogens is 228 g/mol. The first kappa shape index (κ1) is 10.5. The van der Waals surface area contributed by atoms with Crippen LogP contribution >= 0.6 is 0 Å². The first-order valence-electron chi connectivity index (χ1n) is 6.55. The van der Waals surface area contributed by atoms with E-state index in [9.17, 15) is 0 Å². The highest BCUT2D eigenvalue weighted by molar-refractivity contribution is 6.05. The molecule has 0 aromatic heterocycles. The lowest BCUT2D eigenvalue weighted by atomic mass is 10.1. The topological polar surface area (TPSA) is 0 Å². The normalized spacial score (nSPS) is 11.2. The summed E-state index contributed by atoms with van der Waals surface area (Å²) in [5, 5.41) is 5.20. The van der Waals surface area contributed by atoms with E-state index in [0.717, 1.165) is 0 Å². The molecule has 0 bridgehead atoms. The van der Waals surface area contributed by atoms with Crippen molar-refractivity contribution < 1.29 is 0 Å². The molecular formula is C19H13+. The number of hydrogen-bond acceptors (Lipinski definition) is 0. The Bertz CT molecular complexity index is 865. The molecule has 0 fully saturated rings. The Labute approximate surface area is 112 Å². The van der Waals surface area contributed by atoms with Gasteiger partial charge in [0.15, 0.2) is 0 Å². The Morgan fingerprint density at radius 1 is 0.632 bits per heavy atom. The van der Waals surface area contributed by atoms with Crippen molar-refractivity contribution in [3.05, 3.63) is 78.9 Å². The molecule has 88 valence electrons. The van der Waals surface area contributed by atoms with Crippen LogP contribution in [0.1, 0.15) is 0 Å². The summed E-state index contributed by atoms with van der Waals surface area (Å²) < 4.78 is 0. The first-order chi connectivity index (χ1) is 9.42. The van der Waals surface area contributed by atoms with Crippen molar-refractivity contribution >= 4 is 21.5 Å². The van der Waals surface area contributed by atoms with E-state index in [1.54, 1.807) is 0 Å². The standard InChI is InChI=1S/C19H13/c1-2-8-16-13-17-12-15-7-5-4-6-14(15)10-11-19(17)18(16)9-3-1/h1-13H/q+1. The molecule has 0 spiro atoms. The molecule has 0 atom stereocenters. The highest BCUT2D eigenvalue weighted by Crippen LogP contribution is 2.34. The molecule has 0 radical (unpaired) electrons. The third-order valence-corrected chi connectivity index (χ3v) is 3.72. The molecule has 0 heterocycles. The Kier molecular flexibility index (Phi) is 2.22. The summed E-state index contributed by atoms with van der Waals surface area (Å²) >= 11 is 0. The van der Waals surface area contributed by atoms with Gasteiger partial charge in [0.05, 0.1) is 10.9 Å². The number of fused-ring (bicyclic) bond motifs is 4. The lowest BCUT2D eigenvalue weighted by Gasteiger charge is -1.85. The van der Waals surface area contributed by atoms with Gasteiger partial charge in [-0.1, -0.05) is 30.3 Å². The second-order valence-electron chi connectivity index (χ2n) is 4.90. The van der Waals surface area contributed by atoms with Gasteiger partial charge in [-0.2, -0.15) is 0 Å². The van der Waals surface area contributed by atoms with E-state index in [2.05, 4.69) is 78.9 Å². The van der Waals surface area contributed by atoms with Gasteiger partial charge >= 0.3 is 0 Å². The summed E-state index contributed by atoms with van der Waals surface area (Å²) in [6, 6.07) is 28.2. The summed E-state index contributed by atoms with van der Waals surface area (Å²) in [6.07, 6.45) is 0. The maximum atomic E-state index is 2.28. The second-order valence-corrected chi connectivity index (χ2v) is 4.90. The monoisotopic (exact) mass is 241 g/mol. The van der Waals surface area contributed by atoms with Crippen molar-refractivity contribution in [2.45, 2.75) is 0 Å². The molecule has 4 rings (SSSR count). The van der Waals surface area contributed by atoms with Gasteiger partial charge in [-0.25, -0.2) is 0 Å².